The van der Waals surface area contributed by atoms with Crippen LogP contribution in [0.1, 0.15) is 6.92 Å². The summed E-state index contributed by atoms with van der Waals surface area (Å²) < 4.78 is 5.18. The van der Waals surface area contributed by atoms with Gasteiger partial charge in [0.25, 0.3) is 11.8 Å². The largest absolute Gasteiger partial charge is 0.497 e. The first kappa shape index (κ1) is 21.6. The van der Waals surface area contributed by atoms with Crippen LogP contribution in [-0.4, -0.2) is 69.6 Å². The van der Waals surface area contributed by atoms with Crippen LogP contribution in [0.5, 0.6) is 5.75 Å². The number of hydrogen-bond acceptors (Lipinski definition) is 4. The second-order valence-electron chi connectivity index (χ2n) is 7.44. The Morgan fingerprint density at radius 1 is 1.00 bits per heavy atom. The van der Waals surface area contributed by atoms with Gasteiger partial charge in [-0.25, -0.2) is 0 Å². The van der Waals surface area contributed by atoms with E-state index < -0.39 is 0 Å². The second kappa shape index (κ2) is 10.6. The van der Waals surface area contributed by atoms with E-state index in [2.05, 4.69) is 22.3 Å². The molecule has 1 heterocycles. The molecule has 160 valence electrons. The molecular weight excluding hydrogens is 380 g/mol. The second-order valence-corrected chi connectivity index (χ2v) is 7.44. The SMILES string of the molecule is CC[NH+](CC(=O)Nc1cccc(OC)c1)CC(=O)N1CCN(c2ccccc2)CC1. The highest BCUT2D eigenvalue weighted by molar-refractivity contribution is 5.91. The third-order valence-electron chi connectivity index (χ3n) is 5.42. The first-order valence-corrected chi connectivity index (χ1v) is 10.4. The topological polar surface area (TPSA) is 66.3 Å². The van der Waals surface area contributed by atoms with Gasteiger partial charge in [0, 0.05) is 43.6 Å². The molecule has 1 aliphatic rings. The number of nitrogens with one attached hydrogen (secondary N) is 2. The molecule has 0 spiro atoms. The maximum atomic E-state index is 12.8. The van der Waals surface area contributed by atoms with E-state index in [1.54, 1.807) is 13.2 Å². The van der Waals surface area contributed by atoms with Gasteiger partial charge in [0.05, 0.1) is 13.7 Å². The van der Waals surface area contributed by atoms with Crippen molar-refractivity contribution in [2.24, 2.45) is 0 Å². The van der Waals surface area contributed by atoms with Gasteiger partial charge in [0.1, 0.15) is 5.75 Å². The molecule has 2 N–H and O–H groups in total. The average molecular weight is 412 g/mol. The van der Waals surface area contributed by atoms with Crippen LogP contribution in [0.3, 0.4) is 0 Å². The molecule has 2 amide bonds. The number of methoxy groups -OCH3 is 1. The van der Waals surface area contributed by atoms with Crippen molar-refractivity contribution in [1.82, 2.24) is 4.90 Å². The number of carbonyl (C=O) groups is 2. The van der Waals surface area contributed by atoms with Crippen molar-refractivity contribution in [3.8, 4) is 5.75 Å². The quantitative estimate of drug-likeness (QED) is 0.677. The lowest BCUT2D eigenvalue weighted by molar-refractivity contribution is -0.882. The highest BCUT2D eigenvalue weighted by Crippen LogP contribution is 2.16. The molecule has 7 heteroatoms. The first-order valence-electron chi connectivity index (χ1n) is 10.4. The van der Waals surface area contributed by atoms with Crippen LogP contribution in [0.4, 0.5) is 11.4 Å². The van der Waals surface area contributed by atoms with Gasteiger partial charge >= 0.3 is 0 Å². The van der Waals surface area contributed by atoms with Crippen molar-refractivity contribution < 1.29 is 19.2 Å². The van der Waals surface area contributed by atoms with Crippen LogP contribution < -0.4 is 19.9 Å². The van der Waals surface area contributed by atoms with Crippen LogP contribution in [-0.2, 0) is 9.59 Å². The number of rotatable bonds is 8. The fourth-order valence-corrected chi connectivity index (χ4v) is 3.62. The van der Waals surface area contributed by atoms with E-state index in [0.29, 0.717) is 37.6 Å². The maximum Gasteiger partial charge on any atom is 0.279 e. The molecule has 1 atom stereocenters. The molecule has 1 unspecified atom stereocenters. The molecule has 0 aromatic heterocycles. The van der Waals surface area contributed by atoms with Crippen LogP contribution in [0.2, 0.25) is 0 Å². The standard InChI is InChI=1S/C23H30N4O3/c1-3-25(17-22(28)24-19-8-7-11-21(16-19)30-2)18-23(29)27-14-12-26(13-15-27)20-9-5-4-6-10-20/h4-11,16H,3,12-15,17-18H2,1-2H3,(H,24,28)/p+1. The lowest BCUT2D eigenvalue weighted by Gasteiger charge is -2.36. The van der Waals surface area contributed by atoms with Gasteiger partial charge in [-0.15, -0.1) is 0 Å². The molecule has 0 radical (unpaired) electrons. The average Bonchev–Trinajstić information content (AvgIpc) is 2.79. The summed E-state index contributed by atoms with van der Waals surface area (Å²) in [4.78, 5) is 30.4. The van der Waals surface area contributed by atoms with E-state index in [9.17, 15) is 9.59 Å². The Morgan fingerprint density at radius 2 is 1.73 bits per heavy atom. The molecule has 0 bridgehead atoms. The van der Waals surface area contributed by atoms with Gasteiger partial charge in [-0.05, 0) is 31.2 Å². The third-order valence-corrected chi connectivity index (χ3v) is 5.42. The number of carbonyl (C=O) groups excluding carboxylic acids is 2. The highest BCUT2D eigenvalue weighted by atomic mass is 16.5. The van der Waals surface area contributed by atoms with Crippen LogP contribution >= 0.6 is 0 Å². The van der Waals surface area contributed by atoms with E-state index >= 15 is 0 Å². The van der Waals surface area contributed by atoms with Crippen molar-refractivity contribution in [2.45, 2.75) is 6.92 Å². The molecule has 7 nitrogen and oxygen atoms in total. The Morgan fingerprint density at radius 3 is 2.40 bits per heavy atom. The smallest absolute Gasteiger partial charge is 0.279 e. The van der Waals surface area contributed by atoms with Gasteiger partial charge in [-0.1, -0.05) is 24.3 Å². The Balaban J connectivity index is 1.47. The van der Waals surface area contributed by atoms with E-state index in [0.717, 1.165) is 18.0 Å². The summed E-state index contributed by atoms with van der Waals surface area (Å²) in [5, 5.41) is 2.89. The van der Waals surface area contributed by atoms with Crippen LogP contribution in [0.15, 0.2) is 54.6 Å². The van der Waals surface area contributed by atoms with Crippen LogP contribution in [0.25, 0.3) is 0 Å². The predicted molar refractivity (Wildman–Crippen MR) is 118 cm³/mol. The minimum atomic E-state index is -0.109. The van der Waals surface area contributed by atoms with Gasteiger partial charge in [-0.3, -0.25) is 9.59 Å². The molecule has 3 rings (SSSR count). The number of quaternary nitrogens is 1. The number of hydrogen-bond donors (Lipinski definition) is 2. The predicted octanol–water partition coefficient (Wildman–Crippen LogP) is 0.887. The zero-order chi connectivity index (χ0) is 21.3. The molecule has 2 aromatic rings. The number of likely N-dealkylation sites (N-methyl/N-ethyl adjacent to an activating group) is 1. The first-order chi connectivity index (χ1) is 14.6. The molecule has 0 saturated carbocycles. The van der Waals surface area contributed by atoms with E-state index in [-0.39, 0.29) is 18.4 Å². The van der Waals surface area contributed by atoms with Gasteiger partial charge < -0.3 is 24.8 Å². The molecule has 1 fully saturated rings. The van der Waals surface area contributed by atoms with Crippen molar-refractivity contribution in [1.29, 1.82) is 0 Å². The summed E-state index contributed by atoms with van der Waals surface area (Å²) in [6.45, 7) is 6.36. The molecular formula is C23H31N4O3+. The third kappa shape index (κ3) is 5.97. The normalized spacial score (nSPS) is 14.9. The fourth-order valence-electron chi connectivity index (χ4n) is 3.62. The summed E-state index contributed by atoms with van der Waals surface area (Å²) in [6.07, 6.45) is 0. The van der Waals surface area contributed by atoms with Gasteiger partial charge in [-0.2, -0.15) is 0 Å². The van der Waals surface area contributed by atoms with E-state index in [4.69, 9.17) is 4.74 Å². The number of anilines is 2. The number of ether oxygens (including phenoxy) is 1. The lowest BCUT2D eigenvalue weighted by atomic mass is 10.2. The number of amides is 2. The number of para-hydroxylation sites is 1. The van der Waals surface area contributed by atoms with Crippen molar-refractivity contribution in [2.75, 3.05) is 63.1 Å². The number of benzene rings is 2. The zero-order valence-electron chi connectivity index (χ0n) is 17.8. The van der Waals surface area contributed by atoms with E-state index in [1.807, 2.05) is 48.2 Å². The summed E-state index contributed by atoms with van der Waals surface area (Å²) in [5.74, 6) is 0.688. The van der Waals surface area contributed by atoms with Crippen molar-refractivity contribution >= 4 is 23.2 Å². The van der Waals surface area contributed by atoms with Crippen LogP contribution in [0, 0.1) is 0 Å². The maximum absolute atomic E-state index is 12.8. The monoisotopic (exact) mass is 411 g/mol. The number of nitrogens with zero attached hydrogens (tertiary/aromatic N) is 2. The summed E-state index contributed by atoms with van der Waals surface area (Å²) in [5.41, 5.74) is 1.89. The lowest BCUT2D eigenvalue weighted by Crippen LogP contribution is -3.14. The Hall–Kier alpha value is -3.06. The highest BCUT2D eigenvalue weighted by Gasteiger charge is 2.25. The Kier molecular flexibility index (Phi) is 7.68. The van der Waals surface area contributed by atoms with Crippen molar-refractivity contribution in [3.05, 3.63) is 54.6 Å². The summed E-state index contributed by atoms with van der Waals surface area (Å²) in [7, 11) is 1.59. The Labute approximate surface area is 178 Å². The zero-order valence-corrected chi connectivity index (χ0v) is 17.8. The summed E-state index contributed by atoms with van der Waals surface area (Å²) in [6, 6.07) is 17.5. The minimum absolute atomic E-state index is 0.105. The Bertz CT molecular complexity index is 835. The fraction of sp³-hybridized carbons (Fsp3) is 0.391. The van der Waals surface area contributed by atoms with E-state index in [1.165, 1.54) is 5.69 Å². The molecule has 0 aliphatic carbocycles. The molecule has 1 saturated heterocycles. The summed E-state index contributed by atoms with van der Waals surface area (Å²) >= 11 is 0. The van der Waals surface area contributed by atoms with Crippen molar-refractivity contribution in [3.63, 3.8) is 0 Å². The molecule has 30 heavy (non-hydrogen) atoms. The minimum Gasteiger partial charge on any atom is -0.497 e. The molecule has 2 aromatic carbocycles. The van der Waals surface area contributed by atoms with Gasteiger partial charge in [0.15, 0.2) is 13.1 Å². The molecule has 1 aliphatic heterocycles. The van der Waals surface area contributed by atoms with Gasteiger partial charge in [0.2, 0.25) is 0 Å². The number of piperazine rings is 1.